The van der Waals surface area contributed by atoms with Gasteiger partial charge < -0.3 is 14.6 Å². The Labute approximate surface area is 163 Å². The van der Waals surface area contributed by atoms with E-state index in [1.165, 1.54) is 22.9 Å². The van der Waals surface area contributed by atoms with E-state index in [4.69, 9.17) is 9.26 Å². The number of esters is 1. The number of aromatic nitrogens is 1. The minimum atomic E-state index is -0.842. The van der Waals surface area contributed by atoms with Crippen molar-refractivity contribution in [1.82, 2.24) is 5.16 Å². The number of hydrogen-bond donors (Lipinski definition) is 1. The Bertz CT molecular complexity index is 827. The zero-order chi connectivity index (χ0) is 19.4. The largest absolute Gasteiger partial charge is 0.452 e. The van der Waals surface area contributed by atoms with Crippen LogP contribution < -0.4 is 5.32 Å². The molecule has 1 amide bonds. The van der Waals surface area contributed by atoms with E-state index >= 15 is 0 Å². The van der Waals surface area contributed by atoms with Crippen molar-refractivity contribution in [2.75, 3.05) is 11.1 Å². The molecule has 1 aromatic heterocycles. The molecule has 1 aromatic carbocycles. The van der Waals surface area contributed by atoms with E-state index in [1.807, 2.05) is 26.0 Å². The highest BCUT2D eigenvalue weighted by Gasteiger charge is 2.19. The van der Waals surface area contributed by atoms with Gasteiger partial charge in [0.1, 0.15) is 5.76 Å². The lowest BCUT2D eigenvalue weighted by molar-refractivity contribution is -0.150. The highest BCUT2D eigenvalue weighted by molar-refractivity contribution is 7.99. The number of amides is 1. The quantitative estimate of drug-likeness (QED) is 0.730. The third kappa shape index (κ3) is 4.91. The van der Waals surface area contributed by atoms with Gasteiger partial charge in [-0.15, -0.1) is 11.8 Å². The fraction of sp³-hybridized carbons (Fsp3) is 0.450. The van der Waals surface area contributed by atoms with Gasteiger partial charge >= 0.3 is 5.97 Å². The summed E-state index contributed by atoms with van der Waals surface area (Å²) in [4.78, 5) is 24.3. The van der Waals surface area contributed by atoms with Gasteiger partial charge in [0.25, 0.3) is 5.91 Å². The predicted octanol–water partition coefficient (Wildman–Crippen LogP) is 3.58. The zero-order valence-corrected chi connectivity index (χ0v) is 16.6. The summed E-state index contributed by atoms with van der Waals surface area (Å²) in [6.07, 6.45) is 2.46. The molecule has 1 atom stereocenters. The Hall–Kier alpha value is -2.28. The molecule has 0 fully saturated rings. The molecule has 7 heteroatoms. The van der Waals surface area contributed by atoms with Gasteiger partial charge in [-0.05, 0) is 63.3 Å². The third-order valence-electron chi connectivity index (χ3n) is 4.69. The summed E-state index contributed by atoms with van der Waals surface area (Å²) in [5.41, 5.74) is 5.21. The molecule has 0 radical (unpaired) electrons. The Morgan fingerprint density at radius 2 is 2.07 bits per heavy atom. The molecule has 0 spiro atoms. The van der Waals surface area contributed by atoms with E-state index in [1.54, 1.807) is 6.92 Å². The number of aryl methyl sites for hydroxylation is 4. The minimum absolute atomic E-state index is 0.167. The first-order chi connectivity index (χ1) is 12.9. The van der Waals surface area contributed by atoms with E-state index < -0.39 is 12.1 Å². The fourth-order valence-corrected chi connectivity index (χ4v) is 4.08. The number of hydrogen-bond acceptors (Lipinski definition) is 6. The van der Waals surface area contributed by atoms with Crippen molar-refractivity contribution in [3.8, 4) is 0 Å². The maximum absolute atomic E-state index is 12.3. The Morgan fingerprint density at radius 3 is 2.81 bits per heavy atom. The van der Waals surface area contributed by atoms with Crippen LogP contribution in [0.1, 0.15) is 41.5 Å². The number of carbonyl (C=O) groups is 2. The molecule has 0 saturated carbocycles. The van der Waals surface area contributed by atoms with Crippen LogP contribution >= 0.6 is 11.8 Å². The number of nitrogens with zero attached hydrogens (tertiary/aromatic N) is 1. The molecule has 3 rings (SSSR count). The van der Waals surface area contributed by atoms with Crippen molar-refractivity contribution in [2.24, 2.45) is 0 Å². The topological polar surface area (TPSA) is 81.4 Å². The van der Waals surface area contributed by atoms with E-state index in [0.717, 1.165) is 42.0 Å². The van der Waals surface area contributed by atoms with E-state index in [9.17, 15) is 9.59 Å². The second-order valence-corrected chi connectivity index (χ2v) is 7.74. The van der Waals surface area contributed by atoms with Crippen LogP contribution in [0.3, 0.4) is 0 Å². The molecule has 0 aliphatic heterocycles. The second-order valence-electron chi connectivity index (χ2n) is 6.75. The lowest BCUT2D eigenvalue weighted by Crippen LogP contribution is -2.30. The van der Waals surface area contributed by atoms with Crippen LogP contribution in [0.25, 0.3) is 0 Å². The highest BCUT2D eigenvalue weighted by Crippen LogP contribution is 2.25. The molecule has 1 aliphatic carbocycles. The van der Waals surface area contributed by atoms with Gasteiger partial charge in [-0.3, -0.25) is 9.59 Å². The van der Waals surface area contributed by atoms with Gasteiger partial charge in [0, 0.05) is 17.0 Å². The van der Waals surface area contributed by atoms with Crippen LogP contribution in [0, 0.1) is 13.8 Å². The van der Waals surface area contributed by atoms with Gasteiger partial charge in [-0.1, -0.05) is 11.2 Å². The summed E-state index contributed by atoms with van der Waals surface area (Å²) in [6, 6.07) is 5.96. The smallest absolute Gasteiger partial charge is 0.316 e. The van der Waals surface area contributed by atoms with Gasteiger partial charge in [0.15, 0.2) is 6.10 Å². The van der Waals surface area contributed by atoms with Crippen molar-refractivity contribution in [3.05, 3.63) is 46.3 Å². The fourth-order valence-electron chi connectivity index (χ4n) is 3.12. The minimum Gasteiger partial charge on any atom is -0.452 e. The number of benzene rings is 1. The molecule has 0 bridgehead atoms. The molecule has 1 heterocycles. The van der Waals surface area contributed by atoms with Gasteiger partial charge in [0.05, 0.1) is 11.4 Å². The Kier molecular flexibility index (Phi) is 6.21. The lowest BCUT2D eigenvalue weighted by atomic mass is 10.1. The van der Waals surface area contributed by atoms with Crippen LogP contribution in [0.4, 0.5) is 5.69 Å². The first kappa shape index (κ1) is 19.5. The average Bonchev–Trinajstić information content (AvgIpc) is 3.22. The summed E-state index contributed by atoms with van der Waals surface area (Å²) >= 11 is 1.41. The maximum Gasteiger partial charge on any atom is 0.316 e. The predicted molar refractivity (Wildman–Crippen MR) is 105 cm³/mol. The summed E-state index contributed by atoms with van der Waals surface area (Å²) in [5, 5.41) is 6.72. The van der Waals surface area contributed by atoms with E-state index in [0.29, 0.717) is 5.75 Å². The van der Waals surface area contributed by atoms with Crippen LogP contribution in [0.2, 0.25) is 0 Å². The molecule has 2 aromatic rings. The molecular formula is C20H24N2O4S. The molecule has 27 heavy (non-hydrogen) atoms. The summed E-state index contributed by atoms with van der Waals surface area (Å²) in [5.74, 6) is 0.808. The van der Waals surface area contributed by atoms with Crippen LogP contribution in [0.5, 0.6) is 0 Å². The zero-order valence-electron chi connectivity index (χ0n) is 15.8. The highest BCUT2D eigenvalue weighted by atomic mass is 32.2. The normalized spacial score (nSPS) is 13.9. The summed E-state index contributed by atoms with van der Waals surface area (Å²) < 4.78 is 10.3. The maximum atomic E-state index is 12.3. The number of rotatable bonds is 7. The number of nitrogens with one attached hydrogen (secondary N) is 1. The number of carbonyl (C=O) groups excluding carboxylic acids is 2. The third-order valence-corrected chi connectivity index (χ3v) is 5.62. The van der Waals surface area contributed by atoms with Crippen LogP contribution in [0.15, 0.2) is 22.7 Å². The molecule has 1 unspecified atom stereocenters. The Balaban J connectivity index is 1.44. The second kappa shape index (κ2) is 8.61. The van der Waals surface area contributed by atoms with Gasteiger partial charge in [0.2, 0.25) is 0 Å². The van der Waals surface area contributed by atoms with Crippen molar-refractivity contribution in [3.63, 3.8) is 0 Å². The first-order valence-electron chi connectivity index (χ1n) is 9.05. The number of anilines is 1. The van der Waals surface area contributed by atoms with E-state index in [-0.39, 0.29) is 11.7 Å². The standard InChI is InChI=1S/C20H24N2O4S/c1-12-18(13(2)26-22-12)10-27-11-19(23)25-14(3)20(24)21-17-8-7-15-5-4-6-16(15)9-17/h7-9,14H,4-6,10-11H2,1-3H3,(H,21,24). The van der Waals surface area contributed by atoms with E-state index in [2.05, 4.69) is 16.5 Å². The molecule has 6 nitrogen and oxygen atoms in total. The number of thioether (sulfide) groups is 1. The van der Waals surface area contributed by atoms with Gasteiger partial charge in [-0.2, -0.15) is 0 Å². The first-order valence-corrected chi connectivity index (χ1v) is 10.2. The van der Waals surface area contributed by atoms with Crippen molar-refractivity contribution < 1.29 is 18.8 Å². The van der Waals surface area contributed by atoms with Crippen LogP contribution in [-0.4, -0.2) is 28.9 Å². The number of fused-ring (bicyclic) bond motifs is 1. The van der Waals surface area contributed by atoms with Gasteiger partial charge in [-0.25, -0.2) is 0 Å². The monoisotopic (exact) mass is 388 g/mol. The average molecular weight is 388 g/mol. The molecular weight excluding hydrogens is 364 g/mol. The van der Waals surface area contributed by atoms with Crippen molar-refractivity contribution in [1.29, 1.82) is 0 Å². The van der Waals surface area contributed by atoms with Crippen molar-refractivity contribution >= 4 is 29.3 Å². The number of ether oxygens (including phenoxy) is 1. The van der Waals surface area contributed by atoms with Crippen LogP contribution in [-0.2, 0) is 32.9 Å². The Morgan fingerprint density at radius 1 is 1.30 bits per heavy atom. The molecule has 0 saturated heterocycles. The molecule has 144 valence electrons. The summed E-state index contributed by atoms with van der Waals surface area (Å²) in [7, 11) is 0. The molecule has 1 aliphatic rings. The van der Waals surface area contributed by atoms with Crippen molar-refractivity contribution in [2.45, 2.75) is 51.9 Å². The molecule has 1 N–H and O–H groups in total. The lowest BCUT2D eigenvalue weighted by Gasteiger charge is -2.14. The SMILES string of the molecule is Cc1noc(C)c1CSCC(=O)OC(C)C(=O)Nc1ccc2c(c1)CCC2. The summed E-state index contributed by atoms with van der Waals surface area (Å²) in [6.45, 7) is 5.30.